The summed E-state index contributed by atoms with van der Waals surface area (Å²) in [6.45, 7) is 7.51. The molecular weight excluding hydrogens is 511 g/mol. The molecule has 0 unspecified atom stereocenters. The number of aryl methyl sites for hydroxylation is 1. The lowest BCUT2D eigenvalue weighted by Gasteiger charge is -2.14. The third kappa shape index (κ3) is 10.1. The highest BCUT2D eigenvalue weighted by molar-refractivity contribution is 14.0. The van der Waals surface area contributed by atoms with Crippen LogP contribution in [0, 0.1) is 6.92 Å². The van der Waals surface area contributed by atoms with Crippen LogP contribution in [0.2, 0.25) is 0 Å². The van der Waals surface area contributed by atoms with E-state index >= 15 is 0 Å². The summed E-state index contributed by atoms with van der Waals surface area (Å²) in [6.07, 6.45) is 2.31. The molecule has 31 heavy (non-hydrogen) atoms. The molecule has 0 spiro atoms. The fourth-order valence-electron chi connectivity index (χ4n) is 2.67. The predicted molar refractivity (Wildman–Crippen MR) is 132 cm³/mol. The summed E-state index contributed by atoms with van der Waals surface area (Å²) < 4.78 is 16.1. The molecule has 1 heterocycles. The van der Waals surface area contributed by atoms with Crippen LogP contribution in [0.25, 0.3) is 0 Å². The molecule has 172 valence electrons. The smallest absolute Gasteiger partial charge is 0.287 e. The Hall–Kier alpha value is -2.27. The van der Waals surface area contributed by atoms with Crippen molar-refractivity contribution in [2.75, 3.05) is 40.0 Å². The van der Waals surface area contributed by atoms with Gasteiger partial charge in [-0.15, -0.1) is 24.0 Å². The number of methoxy groups -OCH3 is 1. The van der Waals surface area contributed by atoms with Crippen LogP contribution in [0.5, 0.6) is 5.75 Å². The summed E-state index contributed by atoms with van der Waals surface area (Å²) in [5.74, 6) is 1.58. The average molecular weight is 544 g/mol. The molecule has 0 fully saturated rings. The molecule has 3 N–H and O–H groups in total. The minimum absolute atomic E-state index is 0. The molecule has 0 atom stereocenters. The molecule has 0 saturated heterocycles. The lowest BCUT2D eigenvalue weighted by molar-refractivity contribution is 0.0926. The first-order chi connectivity index (χ1) is 14.6. The first-order valence-electron chi connectivity index (χ1n) is 10.2. The second-order valence-corrected chi connectivity index (χ2v) is 6.66. The summed E-state index contributed by atoms with van der Waals surface area (Å²) in [5, 5.41) is 9.23. The van der Waals surface area contributed by atoms with Gasteiger partial charge in [-0.25, -0.2) is 4.99 Å². The standard InChI is InChI=1S/C22H32N4O4.HI/c1-4-23-22(25-11-10-24-21(27)19-7-5-13-29-19)26-16-18-9-8-17(2)15-20(18)30-14-6-12-28-3;/h5,7-9,13,15H,4,6,10-12,14,16H2,1-3H3,(H,24,27)(H2,23,25,26);1H. The number of nitrogens with one attached hydrogen (secondary N) is 3. The minimum atomic E-state index is -0.237. The van der Waals surface area contributed by atoms with Crippen LogP contribution in [0.1, 0.15) is 35.0 Å². The zero-order valence-electron chi connectivity index (χ0n) is 18.4. The average Bonchev–Trinajstić information content (AvgIpc) is 3.28. The Bertz CT molecular complexity index is 797. The molecule has 0 radical (unpaired) electrons. The molecule has 9 heteroatoms. The van der Waals surface area contributed by atoms with Gasteiger partial charge in [0.25, 0.3) is 5.91 Å². The summed E-state index contributed by atoms with van der Waals surface area (Å²) in [5.41, 5.74) is 2.16. The Morgan fingerprint density at radius 3 is 2.65 bits per heavy atom. The zero-order valence-corrected chi connectivity index (χ0v) is 20.7. The number of hydrogen-bond acceptors (Lipinski definition) is 5. The number of nitrogens with zero attached hydrogens (tertiary/aromatic N) is 1. The molecule has 8 nitrogen and oxygen atoms in total. The van der Waals surface area contributed by atoms with E-state index < -0.39 is 0 Å². The first-order valence-corrected chi connectivity index (χ1v) is 10.2. The van der Waals surface area contributed by atoms with Gasteiger partial charge in [-0.05, 0) is 37.6 Å². The lowest BCUT2D eigenvalue weighted by atomic mass is 10.1. The van der Waals surface area contributed by atoms with Gasteiger partial charge >= 0.3 is 0 Å². The van der Waals surface area contributed by atoms with Crippen LogP contribution in [-0.4, -0.2) is 51.8 Å². The molecule has 0 aliphatic heterocycles. The Labute approximate surface area is 201 Å². The van der Waals surface area contributed by atoms with Gasteiger partial charge in [0, 0.05) is 45.3 Å². The Kier molecular flexibility index (Phi) is 13.4. The van der Waals surface area contributed by atoms with Gasteiger partial charge in [0.05, 0.1) is 19.4 Å². The predicted octanol–water partition coefficient (Wildman–Crippen LogP) is 3.11. The monoisotopic (exact) mass is 544 g/mol. The maximum atomic E-state index is 11.9. The van der Waals surface area contributed by atoms with Crippen molar-refractivity contribution in [3.05, 3.63) is 53.5 Å². The van der Waals surface area contributed by atoms with E-state index in [4.69, 9.17) is 13.9 Å². The largest absolute Gasteiger partial charge is 0.493 e. The van der Waals surface area contributed by atoms with Crippen molar-refractivity contribution in [2.45, 2.75) is 26.8 Å². The molecule has 0 aliphatic carbocycles. The van der Waals surface area contributed by atoms with E-state index in [-0.39, 0.29) is 29.9 Å². The number of hydrogen-bond donors (Lipinski definition) is 3. The third-order valence-corrected chi connectivity index (χ3v) is 4.17. The van der Waals surface area contributed by atoms with E-state index in [0.29, 0.717) is 44.6 Å². The number of rotatable bonds is 12. The highest BCUT2D eigenvalue weighted by atomic mass is 127. The number of benzene rings is 1. The fraction of sp³-hybridized carbons (Fsp3) is 0.455. The van der Waals surface area contributed by atoms with Gasteiger partial charge < -0.3 is 29.8 Å². The van der Waals surface area contributed by atoms with Crippen LogP contribution in [0.3, 0.4) is 0 Å². The second kappa shape index (κ2) is 15.5. The molecule has 1 amide bonds. The van der Waals surface area contributed by atoms with Crippen molar-refractivity contribution in [3.8, 4) is 5.75 Å². The summed E-state index contributed by atoms with van der Waals surface area (Å²) in [7, 11) is 1.69. The SMILES string of the molecule is CCNC(=NCc1ccc(C)cc1OCCCOC)NCCNC(=O)c1ccco1.I. The molecular formula is C22H33IN4O4. The number of carbonyl (C=O) groups excluding carboxylic acids is 1. The van der Waals surface area contributed by atoms with Gasteiger partial charge in [-0.2, -0.15) is 0 Å². The van der Waals surface area contributed by atoms with Gasteiger partial charge in [0.2, 0.25) is 0 Å². The van der Waals surface area contributed by atoms with E-state index in [0.717, 1.165) is 29.8 Å². The van der Waals surface area contributed by atoms with Crippen LogP contribution in [0.15, 0.2) is 46.0 Å². The summed E-state index contributed by atoms with van der Waals surface area (Å²) >= 11 is 0. The van der Waals surface area contributed by atoms with E-state index in [1.54, 1.807) is 19.2 Å². The second-order valence-electron chi connectivity index (χ2n) is 6.66. The third-order valence-electron chi connectivity index (χ3n) is 4.17. The van der Waals surface area contributed by atoms with Crippen molar-refractivity contribution in [1.29, 1.82) is 0 Å². The van der Waals surface area contributed by atoms with Gasteiger partial charge in [0.1, 0.15) is 5.75 Å². The number of ether oxygens (including phenoxy) is 2. The summed E-state index contributed by atoms with van der Waals surface area (Å²) in [4.78, 5) is 16.5. The van der Waals surface area contributed by atoms with E-state index in [2.05, 4.69) is 27.0 Å². The topological polar surface area (TPSA) is 97.1 Å². The maximum Gasteiger partial charge on any atom is 0.287 e. The zero-order chi connectivity index (χ0) is 21.6. The number of furan rings is 1. The first kappa shape index (κ1) is 26.8. The highest BCUT2D eigenvalue weighted by Gasteiger charge is 2.08. The molecule has 0 saturated carbocycles. The lowest BCUT2D eigenvalue weighted by Crippen LogP contribution is -2.41. The Morgan fingerprint density at radius 2 is 1.94 bits per heavy atom. The van der Waals surface area contributed by atoms with E-state index in [1.165, 1.54) is 6.26 Å². The number of halogens is 1. The Morgan fingerprint density at radius 1 is 1.13 bits per heavy atom. The van der Waals surface area contributed by atoms with E-state index in [9.17, 15) is 4.79 Å². The van der Waals surface area contributed by atoms with Crippen molar-refractivity contribution in [1.82, 2.24) is 16.0 Å². The number of amides is 1. The van der Waals surface area contributed by atoms with Gasteiger partial charge in [-0.3, -0.25) is 4.79 Å². The van der Waals surface area contributed by atoms with Crippen LogP contribution < -0.4 is 20.7 Å². The van der Waals surface area contributed by atoms with Gasteiger partial charge in [-0.1, -0.05) is 12.1 Å². The molecule has 1 aromatic heterocycles. The highest BCUT2D eigenvalue weighted by Crippen LogP contribution is 2.21. The minimum Gasteiger partial charge on any atom is -0.493 e. The molecule has 0 bridgehead atoms. The van der Waals surface area contributed by atoms with Crippen molar-refractivity contribution in [3.63, 3.8) is 0 Å². The van der Waals surface area contributed by atoms with Crippen molar-refractivity contribution >= 4 is 35.8 Å². The molecule has 0 aliphatic rings. The molecule has 2 aromatic rings. The molecule has 2 rings (SSSR count). The molecule has 1 aromatic carbocycles. The number of carbonyl (C=O) groups is 1. The van der Waals surface area contributed by atoms with E-state index in [1.807, 2.05) is 26.0 Å². The van der Waals surface area contributed by atoms with Crippen LogP contribution in [-0.2, 0) is 11.3 Å². The number of aliphatic imine (C=N–C) groups is 1. The number of guanidine groups is 1. The van der Waals surface area contributed by atoms with Crippen molar-refractivity contribution < 1.29 is 18.7 Å². The van der Waals surface area contributed by atoms with Crippen LogP contribution >= 0.6 is 24.0 Å². The van der Waals surface area contributed by atoms with Crippen molar-refractivity contribution in [2.24, 2.45) is 4.99 Å². The quantitative estimate of drug-likeness (QED) is 0.165. The summed E-state index contributed by atoms with van der Waals surface area (Å²) in [6, 6.07) is 9.44. The Balaban J connectivity index is 0.00000480. The van der Waals surface area contributed by atoms with Crippen LogP contribution in [0.4, 0.5) is 0 Å². The van der Waals surface area contributed by atoms with Gasteiger partial charge in [0.15, 0.2) is 11.7 Å². The normalized spacial score (nSPS) is 10.9. The maximum absolute atomic E-state index is 11.9. The fourth-order valence-corrected chi connectivity index (χ4v) is 2.67.